The summed E-state index contributed by atoms with van der Waals surface area (Å²) >= 11 is 0. The molecule has 0 saturated carbocycles. The highest BCUT2D eigenvalue weighted by atomic mass is 33.1. The minimum atomic E-state index is -4.84. The van der Waals surface area contributed by atoms with E-state index in [9.17, 15) is 43.1 Å². The van der Waals surface area contributed by atoms with Crippen molar-refractivity contribution in [2.75, 3.05) is 90.9 Å². The molecule has 4 aromatic rings. The van der Waals surface area contributed by atoms with Crippen molar-refractivity contribution in [3.8, 4) is 40.0 Å². The van der Waals surface area contributed by atoms with E-state index in [1.165, 1.54) is 38.6 Å². The number of rotatable bonds is 33. The number of carbonyl (C=O) groups excluding carboxylic acids is 4. The molecule has 2 aliphatic heterocycles. The first kappa shape index (κ1) is 74.8. The summed E-state index contributed by atoms with van der Waals surface area (Å²) in [6.07, 6.45) is 1.09. The molecule has 94 heavy (non-hydrogen) atoms. The van der Waals surface area contributed by atoms with Crippen LogP contribution in [0, 0.1) is 25.7 Å². The monoisotopic (exact) mass is 1390 g/mol. The minimum absolute atomic E-state index is 0.0632. The standard InChI is InChI=1S/C65H83N8O16PS4/c1-11-66-50-33-52-48(30-40(50)3)60(49-31-41(4)51(67-12-2)34-53(49)88-52)46-21-13-14-22-47(46)63(78)72(9)27-17-23-56(74)69-25-26-70-61(76)43-18-15-20-45(32-43)85-39-59(93-94-65(6,7)8)84-29-28-83-38-57(75)68-24-16-19-44-36-73(64(79)71-62(44)77)58-35-54(87-42(5)92-91-10)55(89-58)37-86-90(80,81)82/h13-15,18,20-22,30-34,36,42,54-55,58-59,66H,11-12,17,23-29,35,37-39H2,1-10H3,(H,68,75)(H,69,74)(H,70,76)(H,71,77,79)(H2,80,81,82)/b67-51-/t42-,54?,55+,58+,59?/m0/s1. The highest BCUT2D eigenvalue weighted by Gasteiger charge is 2.40. The van der Waals surface area contributed by atoms with Crippen molar-refractivity contribution in [3.63, 3.8) is 0 Å². The number of aryl methyl sites for hydroxylation is 2. The molecule has 1 saturated heterocycles. The summed E-state index contributed by atoms with van der Waals surface area (Å²) < 4.78 is 53.4. The Morgan fingerprint density at radius 2 is 1.72 bits per heavy atom. The number of H-pyrrole nitrogens is 1. The van der Waals surface area contributed by atoms with Gasteiger partial charge in [0.25, 0.3) is 17.4 Å². The zero-order chi connectivity index (χ0) is 68.1. The molecular formula is C65H83N8O16PS4. The molecule has 508 valence electrons. The molecule has 0 spiro atoms. The third kappa shape index (κ3) is 22.5. The van der Waals surface area contributed by atoms with Crippen molar-refractivity contribution in [1.82, 2.24) is 30.4 Å². The number of fused-ring (bicyclic) bond motifs is 2. The molecule has 0 radical (unpaired) electrons. The molecule has 7 rings (SSSR count). The van der Waals surface area contributed by atoms with Crippen LogP contribution >= 0.6 is 51.0 Å². The molecule has 3 aliphatic rings. The fourth-order valence-corrected chi connectivity index (χ4v) is 13.8. The molecule has 7 N–H and O–H groups in total. The Balaban J connectivity index is 0.829. The second-order valence-electron chi connectivity index (χ2n) is 22.7. The fraction of sp³-hybridized carbons (Fsp3) is 0.462. The van der Waals surface area contributed by atoms with Gasteiger partial charge in [0.2, 0.25) is 11.8 Å². The van der Waals surface area contributed by atoms with Crippen molar-refractivity contribution >= 4 is 91.3 Å². The fourth-order valence-electron chi connectivity index (χ4n) is 9.90. The lowest BCUT2D eigenvalue weighted by Gasteiger charge is -2.22. The maximum atomic E-state index is 14.3. The van der Waals surface area contributed by atoms with Gasteiger partial charge in [-0.25, -0.2) is 9.36 Å². The van der Waals surface area contributed by atoms with Crippen LogP contribution in [0.1, 0.15) is 104 Å². The summed E-state index contributed by atoms with van der Waals surface area (Å²) in [6.45, 7) is 17.5. The molecule has 2 unspecified atom stereocenters. The van der Waals surface area contributed by atoms with Gasteiger partial charge in [-0.1, -0.05) is 100 Å². The van der Waals surface area contributed by atoms with E-state index in [-0.39, 0.29) is 92.4 Å². The van der Waals surface area contributed by atoms with Gasteiger partial charge in [-0.3, -0.25) is 43.0 Å². The van der Waals surface area contributed by atoms with Gasteiger partial charge >= 0.3 is 13.5 Å². The van der Waals surface area contributed by atoms with Crippen LogP contribution in [0.25, 0.3) is 33.4 Å². The van der Waals surface area contributed by atoms with Crippen molar-refractivity contribution < 1.29 is 66.2 Å². The number of carbonyl (C=O) groups is 4. The summed E-state index contributed by atoms with van der Waals surface area (Å²) in [7, 11) is 2.84. The number of hydrogen-bond acceptors (Lipinski definition) is 20. The zero-order valence-electron chi connectivity index (χ0n) is 54.3. The van der Waals surface area contributed by atoms with Gasteiger partial charge in [-0.05, 0) is 100 Å². The number of aromatic nitrogens is 2. The third-order valence-corrected chi connectivity index (χ3v) is 20.2. The first-order valence-corrected chi connectivity index (χ1v) is 37.0. The van der Waals surface area contributed by atoms with Crippen molar-refractivity contribution in [2.24, 2.45) is 4.99 Å². The van der Waals surface area contributed by atoms with E-state index < -0.39 is 55.5 Å². The Labute approximate surface area is 562 Å². The smallest absolute Gasteiger partial charge is 0.469 e. The Kier molecular flexibility index (Phi) is 28.6. The van der Waals surface area contributed by atoms with Crippen LogP contribution in [0.5, 0.6) is 5.75 Å². The predicted molar refractivity (Wildman–Crippen MR) is 370 cm³/mol. The van der Waals surface area contributed by atoms with Gasteiger partial charge in [0.1, 0.15) is 59.1 Å². The lowest BCUT2D eigenvalue weighted by Crippen LogP contribution is -2.35. The summed E-state index contributed by atoms with van der Waals surface area (Å²) in [6, 6.07) is 22.5. The number of nitrogens with zero attached hydrogens (tertiary/aromatic N) is 3. The molecule has 1 aliphatic carbocycles. The summed E-state index contributed by atoms with van der Waals surface area (Å²) in [4.78, 5) is 106. The number of ether oxygens (including phenoxy) is 5. The first-order chi connectivity index (χ1) is 44.8. The highest BCUT2D eigenvalue weighted by Crippen LogP contribution is 2.44. The van der Waals surface area contributed by atoms with E-state index in [2.05, 4.69) is 82.4 Å². The molecule has 3 aromatic carbocycles. The van der Waals surface area contributed by atoms with E-state index in [0.29, 0.717) is 47.7 Å². The van der Waals surface area contributed by atoms with Crippen molar-refractivity contribution in [3.05, 3.63) is 133 Å². The minimum Gasteiger partial charge on any atom is -0.490 e. The van der Waals surface area contributed by atoms with Gasteiger partial charge in [0.15, 0.2) is 0 Å². The number of benzene rings is 4. The molecule has 1 aromatic heterocycles. The van der Waals surface area contributed by atoms with Crippen molar-refractivity contribution in [2.45, 2.75) is 109 Å². The second-order valence-corrected chi connectivity index (χ2v) is 29.9. The summed E-state index contributed by atoms with van der Waals surface area (Å²) in [5.74, 6) is 5.19. The summed E-state index contributed by atoms with van der Waals surface area (Å²) in [5.41, 5.74) is 4.62. The molecule has 24 nitrogen and oxygen atoms in total. The number of phosphoric acid groups is 1. The Bertz CT molecular complexity index is 3880. The van der Waals surface area contributed by atoms with Gasteiger partial charge in [-0.2, -0.15) is 0 Å². The van der Waals surface area contributed by atoms with Gasteiger partial charge in [0.05, 0.1) is 37.8 Å². The topological polar surface area (TPSA) is 313 Å². The molecule has 5 atom stereocenters. The SMILES string of the molecule is CC/N=c1/cc2oc3cc(NCC)c(C)cc3c(-c3ccccc3C(=O)N(C)CCCC(=O)NCCNC(=O)c3cccc(OCC(OCCOCC(=O)NCC#Cc4cn([C@H]5CC(O[C@H](C)SSC)[C@@H](COP(=O)(O)O)O5)c(=O)[nH]c4=O)SSC(C)(C)C)c3)c-2cc1C. The van der Waals surface area contributed by atoms with E-state index >= 15 is 0 Å². The third-order valence-electron chi connectivity index (χ3n) is 14.2. The molecule has 1 fully saturated rings. The average Bonchev–Trinajstić information content (AvgIpc) is 0.897. The van der Waals surface area contributed by atoms with Crippen LogP contribution in [-0.2, 0) is 37.6 Å². The van der Waals surface area contributed by atoms with E-state index in [4.69, 9.17) is 33.1 Å². The Morgan fingerprint density at radius 1 is 0.947 bits per heavy atom. The normalized spacial score (nSPS) is 15.7. The number of anilines is 1. The number of hydrogen-bond donors (Lipinski definition) is 7. The van der Waals surface area contributed by atoms with E-state index in [0.717, 1.165) is 55.4 Å². The quantitative estimate of drug-likeness (QED) is 0.00506. The number of aromatic amines is 1. The zero-order valence-corrected chi connectivity index (χ0v) is 58.5. The second kappa shape index (κ2) is 36.0. The van der Waals surface area contributed by atoms with Crippen LogP contribution in [0.4, 0.5) is 5.69 Å². The van der Waals surface area contributed by atoms with Crippen LogP contribution in [0.2, 0.25) is 0 Å². The van der Waals surface area contributed by atoms with Crippen molar-refractivity contribution in [1.29, 1.82) is 0 Å². The highest BCUT2D eigenvalue weighted by molar-refractivity contribution is 8.77. The molecule has 0 bridgehead atoms. The summed E-state index contributed by atoms with van der Waals surface area (Å²) in [5, 5.41) is 13.5. The predicted octanol–water partition coefficient (Wildman–Crippen LogP) is 8.65. The van der Waals surface area contributed by atoms with Crippen LogP contribution in [0.15, 0.2) is 98.0 Å². The van der Waals surface area contributed by atoms with Gasteiger partial charge in [0, 0.05) is 109 Å². The Hall–Kier alpha value is -6.58. The van der Waals surface area contributed by atoms with Gasteiger partial charge in [-0.15, -0.1) is 0 Å². The van der Waals surface area contributed by atoms with E-state index in [1.807, 2.05) is 63.4 Å². The Morgan fingerprint density at radius 3 is 2.47 bits per heavy atom. The van der Waals surface area contributed by atoms with Gasteiger partial charge < -0.3 is 64.1 Å². The number of phosphoric ester groups is 1. The lowest BCUT2D eigenvalue weighted by atomic mass is 9.89. The maximum absolute atomic E-state index is 14.3. The maximum Gasteiger partial charge on any atom is 0.469 e. The van der Waals surface area contributed by atoms with Crippen LogP contribution in [0.3, 0.4) is 0 Å². The lowest BCUT2D eigenvalue weighted by molar-refractivity contribution is -0.126. The van der Waals surface area contributed by atoms with E-state index in [1.54, 1.807) is 53.9 Å². The molecule has 3 heterocycles. The largest absolute Gasteiger partial charge is 0.490 e. The molecule has 29 heteroatoms. The average molecular weight is 1390 g/mol. The molecular weight excluding hydrogens is 1310 g/mol. The first-order valence-electron chi connectivity index (χ1n) is 30.6. The molecule has 4 amide bonds. The van der Waals surface area contributed by atoms with Crippen LogP contribution < -0.4 is 42.6 Å². The van der Waals surface area contributed by atoms with Crippen LogP contribution in [-0.4, -0.2) is 161 Å². The number of amides is 4. The number of nitrogens with one attached hydrogen (secondary N) is 5.